The number of hydroxylamine groups is 2. The molecule has 7 heteroatoms. The van der Waals surface area contributed by atoms with Crippen LogP contribution in [0, 0.1) is 30.4 Å². The summed E-state index contributed by atoms with van der Waals surface area (Å²) in [5, 5.41) is 1.52. The molecule has 1 aliphatic carbocycles. The van der Waals surface area contributed by atoms with Crippen molar-refractivity contribution in [2.75, 3.05) is 6.61 Å². The van der Waals surface area contributed by atoms with Gasteiger partial charge in [-0.2, -0.15) is 0 Å². The van der Waals surface area contributed by atoms with E-state index in [0.717, 1.165) is 54.7 Å². The molecule has 3 aromatic rings. The molecule has 1 saturated heterocycles. The Balaban J connectivity index is 1.21. The third-order valence-corrected chi connectivity index (χ3v) is 7.14. The molecule has 2 aromatic carbocycles. The zero-order valence-corrected chi connectivity index (χ0v) is 19.3. The minimum absolute atomic E-state index is 0.0221. The van der Waals surface area contributed by atoms with Crippen LogP contribution < -0.4 is 0 Å². The molecule has 0 N–H and O–H groups in total. The van der Waals surface area contributed by atoms with Gasteiger partial charge in [0.2, 0.25) is 5.91 Å². The molecule has 0 spiro atoms. The van der Waals surface area contributed by atoms with Crippen molar-refractivity contribution in [2.24, 2.45) is 11.8 Å². The highest BCUT2D eigenvalue weighted by molar-refractivity contribution is 5.78. The van der Waals surface area contributed by atoms with Crippen LogP contribution in [-0.4, -0.2) is 27.1 Å². The maximum absolute atomic E-state index is 14.3. The van der Waals surface area contributed by atoms with Crippen LogP contribution in [-0.2, 0) is 16.1 Å². The summed E-state index contributed by atoms with van der Waals surface area (Å²) in [6.45, 7) is 2.38. The van der Waals surface area contributed by atoms with Crippen LogP contribution >= 0.6 is 0 Å². The molecule has 178 valence electrons. The van der Waals surface area contributed by atoms with Gasteiger partial charge in [0.15, 0.2) is 0 Å². The molecule has 2 aliphatic rings. The van der Waals surface area contributed by atoms with Gasteiger partial charge < -0.3 is 4.57 Å². The van der Waals surface area contributed by atoms with Crippen molar-refractivity contribution in [1.82, 2.24) is 14.6 Å². The Labute approximate surface area is 198 Å². The third kappa shape index (κ3) is 4.75. The van der Waals surface area contributed by atoms with Crippen LogP contribution in [0.5, 0.6) is 0 Å². The van der Waals surface area contributed by atoms with Crippen molar-refractivity contribution >= 4 is 5.91 Å². The summed E-state index contributed by atoms with van der Waals surface area (Å²) in [6, 6.07) is 11.3. The summed E-state index contributed by atoms with van der Waals surface area (Å²) in [5.41, 5.74) is 2.65. The average Bonchev–Trinajstić information content (AvgIpc) is 3.48. The molecule has 1 amide bonds. The predicted octanol–water partition coefficient (Wildman–Crippen LogP) is 5.71. The first-order valence-corrected chi connectivity index (χ1v) is 12.0. The Morgan fingerprint density at radius 3 is 2.50 bits per heavy atom. The van der Waals surface area contributed by atoms with E-state index in [1.54, 1.807) is 24.4 Å². The largest absolute Gasteiger partial charge is 0.304 e. The Morgan fingerprint density at radius 1 is 1.03 bits per heavy atom. The van der Waals surface area contributed by atoms with E-state index < -0.39 is 0 Å². The van der Waals surface area contributed by atoms with Crippen molar-refractivity contribution in [3.63, 3.8) is 0 Å². The summed E-state index contributed by atoms with van der Waals surface area (Å²) in [6.07, 6.45) is 8.48. The second kappa shape index (κ2) is 9.66. The summed E-state index contributed by atoms with van der Waals surface area (Å²) in [7, 11) is 0. The second-order valence-corrected chi connectivity index (χ2v) is 9.44. The number of aryl methyl sites for hydroxylation is 1. The first-order valence-electron chi connectivity index (χ1n) is 12.0. The summed E-state index contributed by atoms with van der Waals surface area (Å²) in [5.74, 6) is 0.642. The summed E-state index contributed by atoms with van der Waals surface area (Å²) < 4.78 is 29.5. The van der Waals surface area contributed by atoms with Crippen LogP contribution in [0.1, 0.15) is 55.1 Å². The number of halogens is 2. The van der Waals surface area contributed by atoms with E-state index in [-0.39, 0.29) is 29.5 Å². The number of aromatic nitrogens is 2. The van der Waals surface area contributed by atoms with Gasteiger partial charge >= 0.3 is 0 Å². The highest BCUT2D eigenvalue weighted by atomic mass is 19.1. The first-order chi connectivity index (χ1) is 16.5. The normalized spacial score (nSPS) is 22.8. The lowest BCUT2D eigenvalue weighted by Crippen LogP contribution is -2.36. The Morgan fingerprint density at radius 2 is 1.79 bits per heavy atom. The number of imidazole rings is 1. The monoisotopic (exact) mass is 465 g/mol. The Bertz CT molecular complexity index is 1150. The minimum Gasteiger partial charge on any atom is -0.304 e. The molecule has 0 bridgehead atoms. The fraction of sp³-hybridized carbons (Fsp3) is 0.407. The topological polar surface area (TPSA) is 47.4 Å². The third-order valence-electron chi connectivity index (χ3n) is 7.14. The van der Waals surface area contributed by atoms with Crippen LogP contribution in [0.4, 0.5) is 8.78 Å². The number of hydrogen-bond acceptors (Lipinski definition) is 3. The number of rotatable bonds is 5. The molecule has 2 fully saturated rings. The lowest BCUT2D eigenvalue weighted by atomic mass is 9.78. The van der Waals surface area contributed by atoms with Crippen LogP contribution in [0.15, 0.2) is 54.9 Å². The fourth-order valence-electron chi connectivity index (χ4n) is 5.34. The molecule has 0 unspecified atom stereocenters. The molecular weight excluding hydrogens is 436 g/mol. The second-order valence-electron chi connectivity index (χ2n) is 9.44. The van der Waals surface area contributed by atoms with Crippen molar-refractivity contribution < 1.29 is 18.4 Å². The number of carbonyl (C=O) groups is 1. The number of nitrogens with zero attached hydrogens (tertiary/aromatic N) is 3. The quantitative estimate of drug-likeness (QED) is 0.485. The van der Waals surface area contributed by atoms with Crippen LogP contribution in [0.25, 0.3) is 5.69 Å². The average molecular weight is 466 g/mol. The van der Waals surface area contributed by atoms with Crippen molar-refractivity contribution in [3.8, 4) is 5.69 Å². The predicted molar refractivity (Wildman–Crippen MR) is 124 cm³/mol. The highest BCUT2D eigenvalue weighted by Crippen LogP contribution is 2.37. The van der Waals surface area contributed by atoms with Gasteiger partial charge in [-0.15, -0.1) is 0 Å². The number of benzene rings is 2. The zero-order valence-electron chi connectivity index (χ0n) is 19.3. The fourth-order valence-corrected chi connectivity index (χ4v) is 5.34. The van der Waals surface area contributed by atoms with Crippen molar-refractivity contribution in [3.05, 3.63) is 83.4 Å². The lowest BCUT2D eigenvalue weighted by molar-refractivity contribution is -0.183. The van der Waals surface area contributed by atoms with Gasteiger partial charge in [-0.25, -0.2) is 18.8 Å². The van der Waals surface area contributed by atoms with Gasteiger partial charge in [-0.1, -0.05) is 12.1 Å². The van der Waals surface area contributed by atoms with Crippen molar-refractivity contribution in [1.29, 1.82) is 0 Å². The number of amides is 1. The van der Waals surface area contributed by atoms with E-state index in [9.17, 15) is 13.6 Å². The summed E-state index contributed by atoms with van der Waals surface area (Å²) in [4.78, 5) is 23.2. The smallest absolute Gasteiger partial charge is 0.249 e. The molecule has 2 heterocycles. The van der Waals surface area contributed by atoms with Crippen molar-refractivity contribution in [2.45, 2.75) is 51.5 Å². The van der Waals surface area contributed by atoms with Crippen LogP contribution in [0.3, 0.4) is 0 Å². The highest BCUT2D eigenvalue weighted by Gasteiger charge is 2.37. The molecule has 0 radical (unpaired) electrons. The van der Waals surface area contributed by atoms with Gasteiger partial charge in [-0.3, -0.25) is 9.63 Å². The molecular formula is C27H29F2N3O2. The zero-order chi connectivity index (χ0) is 23.7. The number of carbonyl (C=O) groups excluding carboxylic acids is 1. The molecule has 1 saturated carbocycles. The van der Waals surface area contributed by atoms with Crippen LogP contribution in [0.2, 0.25) is 0 Å². The first kappa shape index (κ1) is 22.7. The van der Waals surface area contributed by atoms with E-state index in [4.69, 9.17) is 4.84 Å². The molecule has 5 nitrogen and oxygen atoms in total. The van der Waals surface area contributed by atoms with E-state index in [1.165, 1.54) is 23.3 Å². The SMILES string of the molecule is Cc1nccn1-c1cc(F)cc(C[C@H]2CC[C@H](C(=O)N3OCC[C@H]3c3ccc(F)cc3)CC2)c1. The maximum Gasteiger partial charge on any atom is 0.249 e. The molecule has 1 aromatic heterocycles. The Kier molecular flexibility index (Phi) is 6.46. The molecule has 34 heavy (non-hydrogen) atoms. The molecule has 1 aliphatic heterocycles. The van der Waals surface area contributed by atoms with E-state index in [1.807, 2.05) is 23.8 Å². The van der Waals surface area contributed by atoms with E-state index in [0.29, 0.717) is 18.9 Å². The van der Waals surface area contributed by atoms with E-state index >= 15 is 0 Å². The van der Waals surface area contributed by atoms with Gasteiger partial charge in [0, 0.05) is 30.4 Å². The standard InChI is InChI=1S/C27H29F2N3O2/c1-18-30-11-12-31(18)25-16-20(15-24(29)17-25)14-19-2-4-22(5-3-19)27(33)32-26(10-13-34-32)21-6-8-23(28)9-7-21/h6-9,11-12,15-17,19,22,26H,2-5,10,13-14H2,1H3/t19-,22-,26-/m0/s1. The number of hydrogen-bond donors (Lipinski definition) is 0. The van der Waals surface area contributed by atoms with Gasteiger partial charge in [-0.05, 0) is 86.4 Å². The molecule has 1 atom stereocenters. The lowest BCUT2D eigenvalue weighted by Gasteiger charge is -2.32. The maximum atomic E-state index is 14.3. The summed E-state index contributed by atoms with van der Waals surface area (Å²) >= 11 is 0. The van der Waals surface area contributed by atoms with Gasteiger partial charge in [0.1, 0.15) is 17.5 Å². The van der Waals surface area contributed by atoms with Gasteiger partial charge in [0.25, 0.3) is 0 Å². The Hall–Kier alpha value is -3.06. The minimum atomic E-state index is -0.288. The molecule has 5 rings (SSSR count). The van der Waals surface area contributed by atoms with E-state index in [2.05, 4.69) is 4.98 Å². The van der Waals surface area contributed by atoms with Gasteiger partial charge in [0.05, 0.1) is 12.6 Å².